The van der Waals surface area contributed by atoms with Gasteiger partial charge in [0.25, 0.3) is 5.56 Å². The van der Waals surface area contributed by atoms with Crippen LogP contribution in [-0.2, 0) is 12.8 Å². The summed E-state index contributed by atoms with van der Waals surface area (Å²) in [5.74, 6) is 0.921. The van der Waals surface area contributed by atoms with E-state index in [0.717, 1.165) is 41.8 Å². The summed E-state index contributed by atoms with van der Waals surface area (Å²) in [6, 6.07) is 33.6. The third-order valence-corrected chi connectivity index (χ3v) is 6.94. The van der Waals surface area contributed by atoms with Crippen LogP contribution >= 0.6 is 0 Å². The number of benzene rings is 3. The van der Waals surface area contributed by atoms with Crippen molar-refractivity contribution in [2.75, 3.05) is 0 Å². The monoisotopic (exact) mass is 481 g/mol. The zero-order valence-corrected chi connectivity index (χ0v) is 20.1. The maximum absolute atomic E-state index is 13.6. The largest absolute Gasteiger partial charge is 0.269 e. The van der Waals surface area contributed by atoms with Crippen molar-refractivity contribution in [3.8, 4) is 39.7 Å². The molecule has 0 saturated carbocycles. The Kier molecular flexibility index (Phi) is 5.03. The van der Waals surface area contributed by atoms with E-state index in [1.807, 2.05) is 66.7 Å². The third-order valence-electron chi connectivity index (χ3n) is 6.94. The van der Waals surface area contributed by atoms with Crippen LogP contribution in [0.15, 0.2) is 108 Å². The Balaban J connectivity index is 1.49. The molecule has 0 amide bonds. The minimum atomic E-state index is -0.196. The Bertz CT molecular complexity index is 1820. The summed E-state index contributed by atoms with van der Waals surface area (Å²) in [5, 5.41) is 4.91. The first-order valence-electron chi connectivity index (χ1n) is 12.5. The fraction of sp³-hybridized carbons (Fsp3) is 0.0968. The molecule has 1 aliphatic rings. The van der Waals surface area contributed by atoms with Crippen molar-refractivity contribution in [1.29, 1.82) is 0 Å². The topological polar surface area (TPSA) is 65.1 Å². The van der Waals surface area contributed by atoms with Crippen molar-refractivity contribution >= 4 is 5.78 Å². The molecule has 6 nitrogen and oxygen atoms in total. The molecule has 6 heteroatoms. The zero-order valence-electron chi connectivity index (χ0n) is 20.1. The fourth-order valence-corrected chi connectivity index (χ4v) is 5.15. The van der Waals surface area contributed by atoms with E-state index in [9.17, 15) is 4.79 Å². The molecule has 0 fully saturated rings. The van der Waals surface area contributed by atoms with Gasteiger partial charge in [-0.15, -0.1) is 5.10 Å². The van der Waals surface area contributed by atoms with Gasteiger partial charge in [-0.1, -0.05) is 78.9 Å². The minimum Gasteiger partial charge on any atom is -0.269 e. The molecule has 6 aromatic rings. The van der Waals surface area contributed by atoms with Crippen LogP contribution in [0.1, 0.15) is 17.5 Å². The average Bonchev–Trinajstić information content (AvgIpc) is 3.24. The van der Waals surface area contributed by atoms with Crippen LogP contribution in [0.25, 0.3) is 45.5 Å². The number of hydrogen-bond donors (Lipinski definition) is 0. The van der Waals surface area contributed by atoms with Crippen LogP contribution in [0.4, 0.5) is 0 Å². The van der Waals surface area contributed by atoms with Gasteiger partial charge in [0.2, 0.25) is 5.78 Å². The molecule has 0 aliphatic heterocycles. The van der Waals surface area contributed by atoms with E-state index in [0.29, 0.717) is 23.0 Å². The van der Waals surface area contributed by atoms with Gasteiger partial charge in [-0.25, -0.2) is 14.4 Å². The molecule has 3 aromatic heterocycles. The Labute approximate surface area is 213 Å². The molecule has 0 radical (unpaired) electrons. The van der Waals surface area contributed by atoms with E-state index in [1.165, 1.54) is 11.1 Å². The highest BCUT2D eigenvalue weighted by Crippen LogP contribution is 2.33. The summed E-state index contributed by atoms with van der Waals surface area (Å²) >= 11 is 0. The summed E-state index contributed by atoms with van der Waals surface area (Å²) in [4.78, 5) is 23.6. The Hall–Kier alpha value is -4.84. The van der Waals surface area contributed by atoms with Gasteiger partial charge in [0, 0.05) is 17.2 Å². The standard InChI is InChI=1S/C31H23N5O/c37-28-20-27(22-11-3-1-4-12-22)33-31-35(28)30(34-36(31)24-15-5-2-6-16-24)26-19-18-23-14-9-13-21-10-7-8-17-25(21)29(23)32-26/h1-8,10-12,15-20H,9,13-14H2. The van der Waals surface area contributed by atoms with Crippen molar-refractivity contribution < 1.29 is 0 Å². The number of nitrogens with zero attached hydrogens (tertiary/aromatic N) is 5. The van der Waals surface area contributed by atoms with E-state index in [-0.39, 0.29) is 5.56 Å². The van der Waals surface area contributed by atoms with Crippen LogP contribution in [0, 0.1) is 0 Å². The van der Waals surface area contributed by atoms with Gasteiger partial charge in [-0.3, -0.25) is 4.79 Å². The molecule has 1 aliphatic carbocycles. The van der Waals surface area contributed by atoms with Gasteiger partial charge in [-0.2, -0.15) is 4.68 Å². The number of para-hydroxylation sites is 1. The van der Waals surface area contributed by atoms with Crippen LogP contribution in [0.3, 0.4) is 0 Å². The van der Waals surface area contributed by atoms with Crippen LogP contribution < -0.4 is 5.56 Å². The van der Waals surface area contributed by atoms with Crippen molar-refractivity contribution in [2.45, 2.75) is 19.3 Å². The van der Waals surface area contributed by atoms with E-state index in [4.69, 9.17) is 15.1 Å². The molecule has 37 heavy (non-hydrogen) atoms. The zero-order chi connectivity index (χ0) is 24.8. The molecule has 0 N–H and O–H groups in total. The lowest BCUT2D eigenvalue weighted by Gasteiger charge is -2.10. The number of pyridine rings is 1. The highest BCUT2D eigenvalue weighted by atomic mass is 16.1. The first-order valence-corrected chi connectivity index (χ1v) is 12.5. The van der Waals surface area contributed by atoms with Gasteiger partial charge in [0.15, 0.2) is 5.82 Å². The predicted molar refractivity (Wildman–Crippen MR) is 145 cm³/mol. The molecule has 178 valence electrons. The number of rotatable bonds is 3. The molecule has 7 rings (SSSR count). The molecular weight excluding hydrogens is 458 g/mol. The number of hydrogen-bond acceptors (Lipinski definition) is 4. The second-order valence-electron chi connectivity index (χ2n) is 9.27. The van der Waals surface area contributed by atoms with Crippen molar-refractivity contribution in [3.63, 3.8) is 0 Å². The van der Waals surface area contributed by atoms with Gasteiger partial charge >= 0.3 is 0 Å². The van der Waals surface area contributed by atoms with E-state index in [2.05, 4.69) is 30.3 Å². The molecule has 0 bridgehead atoms. The Morgan fingerprint density at radius 1 is 0.676 bits per heavy atom. The van der Waals surface area contributed by atoms with Crippen LogP contribution in [0.2, 0.25) is 0 Å². The number of aromatic nitrogens is 5. The Morgan fingerprint density at radius 3 is 2.24 bits per heavy atom. The van der Waals surface area contributed by atoms with Gasteiger partial charge in [-0.05, 0) is 48.6 Å². The SMILES string of the molecule is O=c1cc(-c2ccccc2)nc2n(-c3ccccc3)nc(-c3ccc4c(n3)-c3ccccc3CCC4)n12. The van der Waals surface area contributed by atoms with E-state index < -0.39 is 0 Å². The molecule has 3 heterocycles. The smallest absolute Gasteiger partial charge is 0.261 e. The lowest BCUT2D eigenvalue weighted by molar-refractivity contribution is 0.833. The average molecular weight is 482 g/mol. The first-order chi connectivity index (χ1) is 18.3. The highest BCUT2D eigenvalue weighted by molar-refractivity contribution is 5.71. The van der Waals surface area contributed by atoms with Crippen LogP contribution in [0.5, 0.6) is 0 Å². The van der Waals surface area contributed by atoms with E-state index in [1.54, 1.807) is 15.1 Å². The summed E-state index contributed by atoms with van der Waals surface area (Å²) in [7, 11) is 0. The molecule has 0 unspecified atom stereocenters. The highest BCUT2D eigenvalue weighted by Gasteiger charge is 2.22. The normalized spacial score (nSPS) is 12.6. The third kappa shape index (κ3) is 3.65. The maximum atomic E-state index is 13.6. The number of aryl methyl sites for hydroxylation is 2. The summed E-state index contributed by atoms with van der Waals surface area (Å²) in [6.07, 6.45) is 3.08. The lowest BCUT2D eigenvalue weighted by Crippen LogP contribution is -2.15. The summed E-state index contributed by atoms with van der Waals surface area (Å²) < 4.78 is 3.29. The first kappa shape index (κ1) is 21.4. The molecular formula is C31H23N5O. The maximum Gasteiger partial charge on any atom is 0.261 e. The second kappa shape index (κ2) is 8.68. The summed E-state index contributed by atoms with van der Waals surface area (Å²) in [5.41, 5.74) is 7.40. The second-order valence-corrected chi connectivity index (χ2v) is 9.27. The summed E-state index contributed by atoms with van der Waals surface area (Å²) in [6.45, 7) is 0. The van der Waals surface area contributed by atoms with Crippen molar-refractivity contribution in [1.82, 2.24) is 24.1 Å². The van der Waals surface area contributed by atoms with Gasteiger partial charge in [0.05, 0.1) is 17.1 Å². The van der Waals surface area contributed by atoms with Gasteiger partial charge in [0.1, 0.15) is 5.69 Å². The molecule has 0 saturated heterocycles. The van der Waals surface area contributed by atoms with E-state index >= 15 is 0 Å². The van der Waals surface area contributed by atoms with Crippen molar-refractivity contribution in [2.24, 2.45) is 0 Å². The quantitative estimate of drug-likeness (QED) is 0.322. The minimum absolute atomic E-state index is 0.196. The molecule has 0 atom stereocenters. The van der Waals surface area contributed by atoms with Gasteiger partial charge < -0.3 is 0 Å². The van der Waals surface area contributed by atoms with Crippen LogP contribution in [-0.4, -0.2) is 24.1 Å². The number of fused-ring (bicyclic) bond motifs is 4. The molecule has 0 spiro atoms. The lowest BCUT2D eigenvalue weighted by atomic mass is 10.0. The molecule has 3 aromatic carbocycles. The fourth-order valence-electron chi connectivity index (χ4n) is 5.15. The Morgan fingerprint density at radius 2 is 1.41 bits per heavy atom. The predicted octanol–water partition coefficient (Wildman–Crippen LogP) is 5.76. The van der Waals surface area contributed by atoms with Crippen molar-refractivity contribution in [3.05, 3.63) is 125 Å².